The minimum Gasteiger partial charge on any atom is -0.357 e. The number of nitrogens with one attached hydrogen (secondary N) is 2. The van der Waals surface area contributed by atoms with Crippen molar-refractivity contribution in [3.63, 3.8) is 0 Å². The molecule has 130 valence electrons. The molecule has 0 spiro atoms. The van der Waals surface area contributed by atoms with Crippen molar-refractivity contribution in [3.05, 3.63) is 11.6 Å². The lowest BCUT2D eigenvalue weighted by atomic mass is 9.85. The molecule has 1 saturated carbocycles. The van der Waals surface area contributed by atoms with Gasteiger partial charge in [-0.3, -0.25) is 4.99 Å². The van der Waals surface area contributed by atoms with E-state index in [4.69, 9.17) is 4.99 Å². The third-order valence-electron chi connectivity index (χ3n) is 4.86. The lowest BCUT2D eigenvalue weighted by Gasteiger charge is -2.27. The first-order valence-electron chi connectivity index (χ1n) is 8.67. The van der Waals surface area contributed by atoms with Crippen LogP contribution < -0.4 is 10.6 Å². The zero-order valence-electron chi connectivity index (χ0n) is 14.2. The lowest BCUT2D eigenvalue weighted by molar-refractivity contribution is 0.314. The van der Waals surface area contributed by atoms with Crippen LogP contribution in [0.5, 0.6) is 0 Å². The number of aliphatic imine (C=N–C) groups is 1. The molecule has 3 rings (SSSR count). The highest BCUT2D eigenvalue weighted by molar-refractivity contribution is 14.0. The highest BCUT2D eigenvalue weighted by Gasteiger charge is 2.21. The SMILES string of the molecule is CCNC(=NCC1CCc2nnc(C)n2C1)NCC1CCC1.I. The smallest absolute Gasteiger partial charge is 0.191 e. The van der Waals surface area contributed by atoms with E-state index in [1.165, 1.54) is 19.3 Å². The summed E-state index contributed by atoms with van der Waals surface area (Å²) < 4.78 is 2.25. The number of aryl methyl sites for hydroxylation is 2. The first-order valence-corrected chi connectivity index (χ1v) is 8.67. The van der Waals surface area contributed by atoms with Crippen molar-refractivity contribution < 1.29 is 0 Å². The van der Waals surface area contributed by atoms with Gasteiger partial charge in [0.1, 0.15) is 11.6 Å². The van der Waals surface area contributed by atoms with Gasteiger partial charge in [0.2, 0.25) is 0 Å². The van der Waals surface area contributed by atoms with Gasteiger partial charge < -0.3 is 15.2 Å². The van der Waals surface area contributed by atoms with E-state index in [2.05, 4.69) is 32.3 Å². The van der Waals surface area contributed by atoms with Crippen LogP contribution in [-0.2, 0) is 13.0 Å². The topological polar surface area (TPSA) is 67.1 Å². The molecule has 1 fully saturated rings. The number of hydrogen-bond acceptors (Lipinski definition) is 3. The van der Waals surface area contributed by atoms with E-state index in [-0.39, 0.29) is 24.0 Å². The number of halogens is 1. The zero-order valence-corrected chi connectivity index (χ0v) is 16.5. The molecule has 6 nitrogen and oxygen atoms in total. The van der Waals surface area contributed by atoms with Crippen LogP contribution in [0.15, 0.2) is 4.99 Å². The van der Waals surface area contributed by atoms with Gasteiger partial charge in [-0.15, -0.1) is 34.2 Å². The fraction of sp³-hybridized carbons (Fsp3) is 0.812. The second-order valence-corrected chi connectivity index (χ2v) is 6.58. The average molecular weight is 432 g/mol. The van der Waals surface area contributed by atoms with Crippen molar-refractivity contribution in [1.82, 2.24) is 25.4 Å². The van der Waals surface area contributed by atoms with E-state index in [1.54, 1.807) is 0 Å². The predicted molar refractivity (Wildman–Crippen MR) is 103 cm³/mol. The van der Waals surface area contributed by atoms with E-state index in [1.807, 2.05) is 6.92 Å². The number of aromatic nitrogens is 3. The summed E-state index contributed by atoms with van der Waals surface area (Å²) >= 11 is 0. The normalized spacial score (nSPS) is 21.1. The monoisotopic (exact) mass is 432 g/mol. The van der Waals surface area contributed by atoms with Gasteiger partial charge in [0.05, 0.1) is 0 Å². The molecule has 2 aliphatic rings. The summed E-state index contributed by atoms with van der Waals surface area (Å²) in [5, 5.41) is 15.3. The molecule has 1 aromatic heterocycles. The lowest BCUT2D eigenvalue weighted by Crippen LogP contribution is -2.41. The zero-order chi connectivity index (χ0) is 15.4. The molecular weight excluding hydrogens is 403 g/mol. The molecule has 7 heteroatoms. The van der Waals surface area contributed by atoms with Gasteiger partial charge in [-0.25, -0.2) is 0 Å². The van der Waals surface area contributed by atoms with Gasteiger partial charge in [-0.1, -0.05) is 6.42 Å². The summed E-state index contributed by atoms with van der Waals surface area (Å²) in [6.45, 7) is 8.00. The molecule has 1 aromatic rings. The number of hydrogen-bond donors (Lipinski definition) is 2. The molecule has 23 heavy (non-hydrogen) atoms. The molecular formula is C16H29IN6. The molecule has 0 amide bonds. The van der Waals surface area contributed by atoms with Gasteiger partial charge in [0.25, 0.3) is 0 Å². The second-order valence-electron chi connectivity index (χ2n) is 6.58. The first-order chi connectivity index (χ1) is 10.8. The van der Waals surface area contributed by atoms with Crippen LogP contribution in [0.2, 0.25) is 0 Å². The van der Waals surface area contributed by atoms with Crippen LogP contribution in [0.4, 0.5) is 0 Å². The second kappa shape index (κ2) is 8.84. The highest BCUT2D eigenvalue weighted by Crippen LogP contribution is 2.25. The fourth-order valence-corrected chi connectivity index (χ4v) is 3.18. The maximum absolute atomic E-state index is 4.79. The van der Waals surface area contributed by atoms with Crippen molar-refractivity contribution in [2.24, 2.45) is 16.8 Å². The quantitative estimate of drug-likeness (QED) is 0.425. The summed E-state index contributed by atoms with van der Waals surface area (Å²) in [5.74, 6) is 4.56. The minimum absolute atomic E-state index is 0. The van der Waals surface area contributed by atoms with Gasteiger partial charge in [-0.2, -0.15) is 0 Å². The van der Waals surface area contributed by atoms with Crippen LogP contribution >= 0.6 is 24.0 Å². The Labute approximate surface area is 155 Å². The first kappa shape index (κ1) is 18.5. The van der Waals surface area contributed by atoms with E-state index >= 15 is 0 Å². The summed E-state index contributed by atoms with van der Waals surface area (Å²) in [6, 6.07) is 0. The summed E-state index contributed by atoms with van der Waals surface area (Å²) in [7, 11) is 0. The molecule has 1 unspecified atom stereocenters. The Morgan fingerprint density at radius 3 is 2.74 bits per heavy atom. The van der Waals surface area contributed by atoms with Gasteiger partial charge >= 0.3 is 0 Å². The Morgan fingerprint density at radius 2 is 2.04 bits per heavy atom. The van der Waals surface area contributed by atoms with Crippen molar-refractivity contribution >= 4 is 29.9 Å². The summed E-state index contributed by atoms with van der Waals surface area (Å²) in [6.07, 6.45) is 6.30. The third-order valence-corrected chi connectivity index (χ3v) is 4.86. The van der Waals surface area contributed by atoms with Crippen molar-refractivity contribution in [2.45, 2.75) is 52.5 Å². The standard InChI is InChI=1S/C16H28N6.HI/c1-3-17-16(18-9-13-5-4-6-13)19-10-14-7-8-15-21-20-12(2)22(15)11-14;/h13-14H,3-11H2,1-2H3,(H2,17,18,19);1H. The molecule has 0 radical (unpaired) electrons. The minimum atomic E-state index is 0. The predicted octanol–water partition coefficient (Wildman–Crippen LogP) is 2.12. The van der Waals surface area contributed by atoms with Gasteiger partial charge in [0, 0.05) is 32.6 Å². The van der Waals surface area contributed by atoms with Crippen LogP contribution in [0, 0.1) is 18.8 Å². The number of guanidine groups is 1. The number of fused-ring (bicyclic) bond motifs is 1. The number of nitrogens with zero attached hydrogens (tertiary/aromatic N) is 4. The Morgan fingerprint density at radius 1 is 1.22 bits per heavy atom. The summed E-state index contributed by atoms with van der Waals surface area (Å²) in [5.41, 5.74) is 0. The molecule has 1 aliphatic heterocycles. The van der Waals surface area contributed by atoms with Gasteiger partial charge in [-0.05, 0) is 44.9 Å². The Bertz CT molecular complexity index is 523. The molecule has 0 saturated heterocycles. The average Bonchev–Trinajstić information content (AvgIpc) is 2.84. The summed E-state index contributed by atoms with van der Waals surface area (Å²) in [4.78, 5) is 4.79. The third kappa shape index (κ3) is 4.81. The van der Waals surface area contributed by atoms with E-state index in [0.717, 1.165) is 62.5 Å². The molecule has 2 N–H and O–H groups in total. The van der Waals surface area contributed by atoms with E-state index in [0.29, 0.717) is 5.92 Å². The largest absolute Gasteiger partial charge is 0.357 e. The molecule has 0 bridgehead atoms. The maximum Gasteiger partial charge on any atom is 0.191 e. The molecule has 1 aliphatic carbocycles. The maximum atomic E-state index is 4.79. The van der Waals surface area contributed by atoms with Crippen LogP contribution in [0.25, 0.3) is 0 Å². The molecule has 0 aromatic carbocycles. The van der Waals surface area contributed by atoms with Crippen LogP contribution in [-0.4, -0.2) is 40.4 Å². The highest BCUT2D eigenvalue weighted by atomic mass is 127. The molecule has 1 atom stereocenters. The molecule has 2 heterocycles. The van der Waals surface area contributed by atoms with Crippen molar-refractivity contribution in [1.29, 1.82) is 0 Å². The van der Waals surface area contributed by atoms with E-state index in [9.17, 15) is 0 Å². The van der Waals surface area contributed by atoms with Crippen LogP contribution in [0.3, 0.4) is 0 Å². The Kier molecular flexibility index (Phi) is 7.10. The van der Waals surface area contributed by atoms with Crippen molar-refractivity contribution in [3.8, 4) is 0 Å². The van der Waals surface area contributed by atoms with Crippen molar-refractivity contribution in [2.75, 3.05) is 19.6 Å². The fourth-order valence-electron chi connectivity index (χ4n) is 3.18. The number of rotatable bonds is 5. The van der Waals surface area contributed by atoms with Gasteiger partial charge in [0.15, 0.2) is 5.96 Å². The Hall–Kier alpha value is -0.860. The Balaban J connectivity index is 0.00000192. The van der Waals surface area contributed by atoms with E-state index < -0.39 is 0 Å². The van der Waals surface area contributed by atoms with Crippen LogP contribution in [0.1, 0.15) is 44.3 Å².